The van der Waals surface area contributed by atoms with Gasteiger partial charge < -0.3 is 9.30 Å². The highest BCUT2D eigenvalue weighted by Crippen LogP contribution is 2.52. The van der Waals surface area contributed by atoms with E-state index in [1.165, 1.54) is 0 Å². The van der Waals surface area contributed by atoms with Gasteiger partial charge in [0, 0.05) is 18.6 Å². The Labute approximate surface area is 129 Å². The monoisotopic (exact) mass is 303 g/mol. The van der Waals surface area contributed by atoms with Crippen molar-refractivity contribution in [3.8, 4) is 6.07 Å². The van der Waals surface area contributed by atoms with Crippen LogP contribution in [0.25, 0.3) is 11.0 Å². The first-order chi connectivity index (χ1) is 10.0. The summed E-state index contributed by atoms with van der Waals surface area (Å²) in [5.41, 5.74) is 2.34. The zero-order valence-corrected chi connectivity index (χ0v) is 13.2. The predicted molar refractivity (Wildman–Crippen MR) is 82.2 cm³/mol. The number of halogens is 1. The van der Waals surface area contributed by atoms with Crippen LogP contribution in [0.3, 0.4) is 0 Å². The van der Waals surface area contributed by atoms with Crippen LogP contribution in [0.5, 0.6) is 0 Å². The van der Waals surface area contributed by atoms with Crippen molar-refractivity contribution >= 4 is 22.6 Å². The predicted octanol–water partition coefficient (Wildman–Crippen LogP) is 3.63. The molecule has 1 heterocycles. The van der Waals surface area contributed by atoms with Crippen molar-refractivity contribution in [1.29, 1.82) is 5.26 Å². The lowest BCUT2D eigenvalue weighted by atomic mass is 9.64. The second-order valence-corrected chi connectivity index (χ2v) is 6.38. The van der Waals surface area contributed by atoms with Gasteiger partial charge in [0.15, 0.2) is 0 Å². The summed E-state index contributed by atoms with van der Waals surface area (Å²) in [5.74, 6) is 1.16. The van der Waals surface area contributed by atoms with E-state index in [1.807, 2.05) is 12.1 Å². The van der Waals surface area contributed by atoms with Crippen LogP contribution in [-0.2, 0) is 10.6 Å². The van der Waals surface area contributed by atoms with Gasteiger partial charge in [-0.2, -0.15) is 5.26 Å². The molecule has 0 N–H and O–H groups in total. The molecule has 1 aromatic heterocycles. The first-order valence-corrected chi connectivity index (χ1v) is 7.56. The van der Waals surface area contributed by atoms with Crippen LogP contribution in [0.1, 0.15) is 37.7 Å². The van der Waals surface area contributed by atoms with Gasteiger partial charge in [-0.15, -0.1) is 11.6 Å². The summed E-state index contributed by atoms with van der Waals surface area (Å²) in [6.07, 6.45) is 1.18. The molecule has 1 aliphatic carbocycles. The Hall–Kier alpha value is -1.57. The number of imidazole rings is 1. The summed E-state index contributed by atoms with van der Waals surface area (Å²) in [6.45, 7) is 4.40. The molecular weight excluding hydrogens is 286 g/mol. The molecule has 0 radical (unpaired) electrons. The average molecular weight is 304 g/mol. The standard InChI is InChI=1S/C16H18ClN3O/c1-16(2)12(7-13(16)21-3)20-11-6-4-5-10(9-18)15(11)19-14(20)8-17/h4-6,12-13H,7-8H2,1-3H3. The molecular formula is C16H18ClN3O. The summed E-state index contributed by atoms with van der Waals surface area (Å²) in [4.78, 5) is 4.59. The maximum absolute atomic E-state index is 9.25. The summed E-state index contributed by atoms with van der Waals surface area (Å²) < 4.78 is 7.73. The minimum atomic E-state index is 0.0197. The molecule has 0 saturated heterocycles. The van der Waals surface area contributed by atoms with Crippen LogP contribution in [-0.4, -0.2) is 22.8 Å². The maximum atomic E-state index is 9.25. The van der Waals surface area contributed by atoms with Gasteiger partial charge >= 0.3 is 0 Å². The number of rotatable bonds is 3. The molecule has 2 atom stereocenters. The van der Waals surface area contributed by atoms with Crippen LogP contribution in [0.15, 0.2) is 18.2 Å². The van der Waals surface area contributed by atoms with E-state index in [-0.39, 0.29) is 17.6 Å². The molecule has 0 spiro atoms. The Bertz CT molecular complexity index is 729. The number of fused-ring (bicyclic) bond motifs is 1. The lowest BCUT2D eigenvalue weighted by Crippen LogP contribution is -2.51. The van der Waals surface area contributed by atoms with Crippen LogP contribution in [0.4, 0.5) is 0 Å². The zero-order chi connectivity index (χ0) is 15.2. The zero-order valence-electron chi connectivity index (χ0n) is 12.4. The number of nitriles is 1. The van der Waals surface area contributed by atoms with Crippen molar-refractivity contribution < 1.29 is 4.74 Å². The number of aromatic nitrogens is 2. The molecule has 0 bridgehead atoms. The van der Waals surface area contributed by atoms with Gasteiger partial charge in [-0.1, -0.05) is 19.9 Å². The highest BCUT2D eigenvalue weighted by molar-refractivity contribution is 6.16. The highest BCUT2D eigenvalue weighted by atomic mass is 35.5. The van der Waals surface area contributed by atoms with Crippen molar-refractivity contribution in [2.24, 2.45) is 5.41 Å². The highest BCUT2D eigenvalue weighted by Gasteiger charge is 2.50. The van der Waals surface area contributed by atoms with E-state index in [1.54, 1.807) is 13.2 Å². The molecule has 0 aliphatic heterocycles. The lowest BCUT2D eigenvalue weighted by Gasteiger charge is -2.52. The van der Waals surface area contributed by atoms with Crippen LogP contribution < -0.4 is 0 Å². The minimum absolute atomic E-state index is 0.0197. The van der Waals surface area contributed by atoms with E-state index in [9.17, 15) is 5.26 Å². The summed E-state index contributed by atoms with van der Waals surface area (Å²) in [5, 5.41) is 9.25. The number of alkyl halides is 1. The molecule has 3 rings (SSSR count). The van der Waals surface area contributed by atoms with Crippen LogP contribution in [0.2, 0.25) is 0 Å². The Morgan fingerprint density at radius 1 is 1.52 bits per heavy atom. The van der Waals surface area contributed by atoms with Gasteiger partial charge in [0.1, 0.15) is 17.4 Å². The Balaban J connectivity index is 2.17. The molecule has 4 nitrogen and oxygen atoms in total. The number of hydrogen-bond donors (Lipinski definition) is 0. The molecule has 5 heteroatoms. The number of para-hydroxylation sites is 1. The van der Waals surface area contributed by atoms with Crippen molar-refractivity contribution in [2.75, 3.05) is 7.11 Å². The molecule has 1 aromatic carbocycles. The number of nitrogens with zero attached hydrogens (tertiary/aromatic N) is 3. The second kappa shape index (κ2) is 5.01. The molecule has 2 unspecified atom stereocenters. The van der Waals surface area contributed by atoms with Gasteiger partial charge in [0.05, 0.1) is 23.1 Å². The molecule has 0 amide bonds. The molecule has 1 aliphatic rings. The summed E-state index contributed by atoms with van der Waals surface area (Å²) >= 11 is 6.09. The minimum Gasteiger partial charge on any atom is -0.381 e. The van der Waals surface area contributed by atoms with E-state index in [0.717, 1.165) is 23.3 Å². The molecule has 21 heavy (non-hydrogen) atoms. The van der Waals surface area contributed by atoms with Crippen LogP contribution >= 0.6 is 11.6 Å². The Morgan fingerprint density at radius 3 is 2.86 bits per heavy atom. The number of hydrogen-bond acceptors (Lipinski definition) is 3. The van der Waals surface area contributed by atoms with Gasteiger partial charge in [0.25, 0.3) is 0 Å². The van der Waals surface area contributed by atoms with Gasteiger partial charge in [-0.3, -0.25) is 0 Å². The van der Waals surface area contributed by atoms with Crippen molar-refractivity contribution in [3.05, 3.63) is 29.6 Å². The van der Waals surface area contributed by atoms with Gasteiger partial charge in [0.2, 0.25) is 0 Å². The van der Waals surface area contributed by atoms with E-state index >= 15 is 0 Å². The fourth-order valence-electron chi connectivity index (χ4n) is 3.40. The average Bonchev–Trinajstić information content (AvgIpc) is 2.85. The number of benzene rings is 1. The third-order valence-electron chi connectivity index (χ3n) is 4.76. The van der Waals surface area contributed by atoms with E-state index < -0.39 is 0 Å². The fourth-order valence-corrected chi connectivity index (χ4v) is 3.59. The van der Waals surface area contributed by atoms with E-state index in [0.29, 0.717) is 11.4 Å². The SMILES string of the molecule is COC1CC(n2c(CCl)nc3c(C#N)cccc32)C1(C)C. The van der Waals surface area contributed by atoms with Crippen molar-refractivity contribution in [2.45, 2.75) is 38.3 Å². The summed E-state index contributed by atoms with van der Waals surface area (Å²) in [7, 11) is 1.75. The number of methoxy groups -OCH3 is 1. The second-order valence-electron chi connectivity index (χ2n) is 6.11. The first kappa shape index (κ1) is 14.4. The van der Waals surface area contributed by atoms with Gasteiger partial charge in [-0.05, 0) is 18.6 Å². The first-order valence-electron chi connectivity index (χ1n) is 7.03. The maximum Gasteiger partial charge on any atom is 0.125 e. The van der Waals surface area contributed by atoms with Crippen molar-refractivity contribution in [1.82, 2.24) is 9.55 Å². The molecule has 1 fully saturated rings. The summed E-state index contributed by atoms with van der Waals surface area (Å²) in [6, 6.07) is 8.20. The van der Waals surface area contributed by atoms with Crippen LogP contribution in [0, 0.1) is 16.7 Å². The number of ether oxygens (including phenoxy) is 1. The Morgan fingerprint density at radius 2 is 2.29 bits per heavy atom. The Kier molecular flexibility index (Phi) is 3.43. The topological polar surface area (TPSA) is 50.8 Å². The molecule has 2 aromatic rings. The smallest absolute Gasteiger partial charge is 0.125 e. The third kappa shape index (κ3) is 1.96. The quantitative estimate of drug-likeness (QED) is 0.814. The van der Waals surface area contributed by atoms with E-state index in [2.05, 4.69) is 29.5 Å². The van der Waals surface area contributed by atoms with E-state index in [4.69, 9.17) is 16.3 Å². The fraction of sp³-hybridized carbons (Fsp3) is 0.500. The largest absolute Gasteiger partial charge is 0.381 e. The third-order valence-corrected chi connectivity index (χ3v) is 4.99. The molecule has 1 saturated carbocycles. The van der Waals surface area contributed by atoms with Gasteiger partial charge in [-0.25, -0.2) is 4.98 Å². The lowest BCUT2D eigenvalue weighted by molar-refractivity contribution is -0.112. The van der Waals surface area contributed by atoms with Crippen molar-refractivity contribution in [3.63, 3.8) is 0 Å². The normalized spacial score (nSPS) is 23.8. The molecule has 110 valence electrons.